The van der Waals surface area contributed by atoms with Crippen LogP contribution in [0.4, 0.5) is 11.6 Å². The lowest BCUT2D eigenvalue weighted by atomic mass is 10.2. The third-order valence-corrected chi connectivity index (χ3v) is 2.84. The monoisotopic (exact) mass is 269 g/mol. The summed E-state index contributed by atoms with van der Waals surface area (Å²) in [5, 5.41) is 0. The summed E-state index contributed by atoms with van der Waals surface area (Å²) in [6, 6.07) is 0. The van der Waals surface area contributed by atoms with Gasteiger partial charge < -0.3 is 19.8 Å². The van der Waals surface area contributed by atoms with Crippen LogP contribution in [0.25, 0.3) is 0 Å². The fourth-order valence-corrected chi connectivity index (χ4v) is 1.85. The highest BCUT2D eigenvalue weighted by molar-refractivity contribution is 5.58. The van der Waals surface area contributed by atoms with Crippen molar-refractivity contribution >= 4 is 11.6 Å². The van der Waals surface area contributed by atoms with Gasteiger partial charge in [-0.15, -0.1) is 0 Å². The maximum Gasteiger partial charge on any atom is 0.148 e. The number of hydrogen-bond acceptors (Lipinski definition) is 7. The molecular weight excluding hydrogens is 246 g/mol. The number of anilines is 2. The minimum absolute atomic E-state index is 0.627. The Morgan fingerprint density at radius 3 is 2.32 bits per heavy atom. The Labute approximate surface area is 114 Å². The molecule has 0 aliphatic heterocycles. The molecule has 0 fully saturated rings. The average molecular weight is 269 g/mol. The van der Waals surface area contributed by atoms with Crippen molar-refractivity contribution in [2.45, 2.75) is 13.3 Å². The molecule has 1 aromatic heterocycles. The van der Waals surface area contributed by atoms with E-state index in [1.54, 1.807) is 14.2 Å². The number of rotatable bonds is 9. The van der Waals surface area contributed by atoms with Gasteiger partial charge in [0, 0.05) is 32.9 Å². The molecule has 1 heterocycles. The van der Waals surface area contributed by atoms with Crippen molar-refractivity contribution < 1.29 is 9.47 Å². The number of hydrogen-bond donors (Lipinski definition) is 2. The van der Waals surface area contributed by atoms with Crippen molar-refractivity contribution in [3.63, 3.8) is 0 Å². The molecule has 0 unspecified atom stereocenters. The van der Waals surface area contributed by atoms with E-state index in [9.17, 15) is 0 Å². The molecule has 1 rings (SSSR count). The number of aromatic nitrogens is 2. The molecule has 19 heavy (non-hydrogen) atoms. The number of nitrogens with two attached hydrogens (primary N) is 1. The molecule has 0 radical (unpaired) electrons. The van der Waals surface area contributed by atoms with Crippen LogP contribution in [0.5, 0.6) is 0 Å². The molecule has 0 saturated carbocycles. The van der Waals surface area contributed by atoms with E-state index in [2.05, 4.69) is 20.3 Å². The molecule has 0 aliphatic rings. The molecule has 0 amide bonds. The third kappa shape index (κ3) is 4.30. The van der Waals surface area contributed by atoms with Gasteiger partial charge in [0.1, 0.15) is 18.0 Å². The highest BCUT2D eigenvalue weighted by atomic mass is 16.5. The number of nitrogens with one attached hydrogen (secondary N) is 1. The van der Waals surface area contributed by atoms with Crippen LogP contribution in [0.15, 0.2) is 6.33 Å². The lowest BCUT2D eigenvalue weighted by molar-refractivity contribution is 0.190. The summed E-state index contributed by atoms with van der Waals surface area (Å²) in [5.41, 5.74) is 3.61. The molecule has 7 nitrogen and oxygen atoms in total. The van der Waals surface area contributed by atoms with Crippen LogP contribution in [0.3, 0.4) is 0 Å². The van der Waals surface area contributed by atoms with Gasteiger partial charge in [0.25, 0.3) is 0 Å². The molecule has 0 saturated heterocycles. The van der Waals surface area contributed by atoms with Crippen LogP contribution >= 0.6 is 0 Å². The van der Waals surface area contributed by atoms with Crippen molar-refractivity contribution in [3.8, 4) is 0 Å². The van der Waals surface area contributed by atoms with E-state index in [-0.39, 0.29) is 0 Å². The summed E-state index contributed by atoms with van der Waals surface area (Å²) < 4.78 is 10.3. The fourth-order valence-electron chi connectivity index (χ4n) is 1.85. The van der Waals surface area contributed by atoms with Crippen molar-refractivity contribution in [2.24, 2.45) is 5.84 Å². The first-order valence-electron chi connectivity index (χ1n) is 6.31. The van der Waals surface area contributed by atoms with Gasteiger partial charge in [0.15, 0.2) is 0 Å². The second kappa shape index (κ2) is 8.63. The third-order valence-electron chi connectivity index (χ3n) is 2.84. The highest BCUT2D eigenvalue weighted by Crippen LogP contribution is 2.23. The largest absolute Gasteiger partial charge is 0.383 e. The number of methoxy groups -OCH3 is 2. The number of ether oxygens (including phenoxy) is 2. The maximum atomic E-state index is 5.49. The summed E-state index contributed by atoms with van der Waals surface area (Å²) in [4.78, 5) is 10.6. The Morgan fingerprint density at radius 2 is 1.84 bits per heavy atom. The molecule has 1 aromatic rings. The van der Waals surface area contributed by atoms with E-state index >= 15 is 0 Å². The first kappa shape index (κ1) is 15.6. The second-order valence-corrected chi connectivity index (χ2v) is 3.99. The molecule has 3 N–H and O–H groups in total. The van der Waals surface area contributed by atoms with Gasteiger partial charge in [-0.2, -0.15) is 0 Å². The van der Waals surface area contributed by atoms with Gasteiger partial charge in [-0.05, 0) is 6.42 Å². The van der Waals surface area contributed by atoms with Gasteiger partial charge in [-0.25, -0.2) is 15.8 Å². The van der Waals surface area contributed by atoms with Gasteiger partial charge in [0.2, 0.25) is 0 Å². The van der Waals surface area contributed by atoms with Crippen LogP contribution < -0.4 is 16.2 Å². The zero-order chi connectivity index (χ0) is 14.1. The molecular formula is C12H23N5O2. The number of nitrogens with zero attached hydrogens (tertiary/aromatic N) is 3. The van der Waals surface area contributed by atoms with Crippen LogP contribution in [-0.4, -0.2) is 50.5 Å². The molecule has 0 spiro atoms. The van der Waals surface area contributed by atoms with Gasteiger partial charge in [-0.1, -0.05) is 6.92 Å². The summed E-state index contributed by atoms with van der Waals surface area (Å²) in [7, 11) is 3.37. The zero-order valence-electron chi connectivity index (χ0n) is 11.8. The molecule has 0 bridgehead atoms. The van der Waals surface area contributed by atoms with Gasteiger partial charge in [-0.3, -0.25) is 0 Å². The minimum atomic E-state index is 0.627. The van der Waals surface area contributed by atoms with E-state index in [1.807, 2.05) is 6.92 Å². The smallest absolute Gasteiger partial charge is 0.148 e. The van der Waals surface area contributed by atoms with E-state index < -0.39 is 0 Å². The van der Waals surface area contributed by atoms with Crippen molar-refractivity contribution in [1.29, 1.82) is 0 Å². The average Bonchev–Trinajstić information content (AvgIpc) is 2.46. The highest BCUT2D eigenvalue weighted by Gasteiger charge is 2.15. The Kier molecular flexibility index (Phi) is 7.09. The lowest BCUT2D eigenvalue weighted by Gasteiger charge is -2.25. The number of nitrogen functional groups attached to an aromatic ring is 1. The van der Waals surface area contributed by atoms with Gasteiger partial charge >= 0.3 is 0 Å². The summed E-state index contributed by atoms with van der Waals surface area (Å²) >= 11 is 0. The van der Waals surface area contributed by atoms with E-state index in [4.69, 9.17) is 15.3 Å². The molecule has 7 heteroatoms. The Hall–Kier alpha value is -1.44. The zero-order valence-corrected chi connectivity index (χ0v) is 11.8. The van der Waals surface area contributed by atoms with Crippen LogP contribution in [0.1, 0.15) is 12.5 Å². The predicted octanol–water partition coefficient (Wildman–Crippen LogP) is 0.424. The SMILES string of the molecule is CCc1c(NN)ncnc1N(CCOC)CCOC. The summed E-state index contributed by atoms with van der Waals surface area (Å²) in [6.45, 7) is 4.79. The minimum Gasteiger partial charge on any atom is -0.383 e. The van der Waals surface area contributed by atoms with E-state index in [1.165, 1.54) is 6.33 Å². The molecule has 0 aliphatic carbocycles. The Balaban J connectivity index is 2.98. The molecule has 108 valence electrons. The molecule has 0 atom stereocenters. The number of hydrazine groups is 1. The standard InChI is InChI=1S/C12H23N5O2/c1-4-10-11(16-13)14-9-15-12(10)17(5-7-18-2)6-8-19-3/h9H,4-8,13H2,1-3H3,(H,14,15,16). The second-order valence-electron chi connectivity index (χ2n) is 3.99. The Bertz CT molecular complexity index is 367. The first-order valence-corrected chi connectivity index (χ1v) is 6.31. The lowest BCUT2D eigenvalue weighted by Crippen LogP contribution is -2.32. The van der Waals surface area contributed by atoms with Crippen molar-refractivity contribution in [1.82, 2.24) is 9.97 Å². The Morgan fingerprint density at radius 1 is 1.21 bits per heavy atom. The summed E-state index contributed by atoms with van der Waals surface area (Å²) in [5.74, 6) is 7.02. The molecule has 0 aromatic carbocycles. The topological polar surface area (TPSA) is 85.5 Å². The van der Waals surface area contributed by atoms with E-state index in [0.717, 1.165) is 30.9 Å². The normalized spacial score (nSPS) is 10.5. The maximum absolute atomic E-state index is 5.49. The summed E-state index contributed by atoms with van der Waals surface area (Å²) in [6.07, 6.45) is 2.31. The fraction of sp³-hybridized carbons (Fsp3) is 0.667. The quantitative estimate of drug-likeness (QED) is 0.496. The first-order chi connectivity index (χ1) is 9.28. The van der Waals surface area contributed by atoms with Crippen LogP contribution in [-0.2, 0) is 15.9 Å². The van der Waals surface area contributed by atoms with Crippen molar-refractivity contribution in [3.05, 3.63) is 11.9 Å². The van der Waals surface area contributed by atoms with Crippen molar-refractivity contribution in [2.75, 3.05) is 50.8 Å². The predicted molar refractivity (Wildman–Crippen MR) is 75.2 cm³/mol. The van der Waals surface area contributed by atoms with Crippen LogP contribution in [0, 0.1) is 0 Å². The van der Waals surface area contributed by atoms with Crippen LogP contribution in [0.2, 0.25) is 0 Å². The van der Waals surface area contributed by atoms with E-state index in [0.29, 0.717) is 19.0 Å². The van der Waals surface area contributed by atoms with Gasteiger partial charge in [0.05, 0.1) is 13.2 Å².